The van der Waals surface area contributed by atoms with Crippen LogP contribution in [-0.2, 0) is 4.79 Å². The summed E-state index contributed by atoms with van der Waals surface area (Å²) >= 11 is 0. The summed E-state index contributed by atoms with van der Waals surface area (Å²) in [7, 11) is 0. The van der Waals surface area contributed by atoms with Crippen molar-refractivity contribution >= 4 is 17.4 Å². The van der Waals surface area contributed by atoms with Crippen LogP contribution in [0.3, 0.4) is 0 Å². The molecule has 0 aliphatic carbocycles. The fraction of sp³-hybridized carbons (Fsp3) is 0.400. The molecule has 1 heterocycles. The van der Waals surface area contributed by atoms with Gasteiger partial charge < -0.3 is 16.4 Å². The molecular weight excluding hydrogens is 192 g/mol. The summed E-state index contributed by atoms with van der Waals surface area (Å²) < 4.78 is 0. The monoisotopic (exact) mass is 208 g/mol. The molecule has 0 radical (unpaired) electrons. The van der Waals surface area contributed by atoms with E-state index >= 15 is 0 Å². The van der Waals surface area contributed by atoms with Gasteiger partial charge in [0.1, 0.15) is 5.82 Å². The number of rotatable bonds is 5. The van der Waals surface area contributed by atoms with Crippen molar-refractivity contribution in [1.29, 1.82) is 0 Å². The van der Waals surface area contributed by atoms with E-state index in [1.807, 2.05) is 6.07 Å². The van der Waals surface area contributed by atoms with E-state index in [0.717, 1.165) is 18.7 Å². The van der Waals surface area contributed by atoms with E-state index in [2.05, 4.69) is 22.5 Å². The zero-order valence-corrected chi connectivity index (χ0v) is 8.79. The third kappa shape index (κ3) is 3.95. The van der Waals surface area contributed by atoms with Gasteiger partial charge in [-0.1, -0.05) is 6.92 Å². The lowest BCUT2D eigenvalue weighted by atomic mass is 10.3. The molecule has 0 unspecified atom stereocenters. The van der Waals surface area contributed by atoms with Crippen molar-refractivity contribution in [2.75, 3.05) is 23.7 Å². The van der Waals surface area contributed by atoms with Crippen LogP contribution in [0.4, 0.5) is 11.5 Å². The van der Waals surface area contributed by atoms with Gasteiger partial charge in [0.2, 0.25) is 5.91 Å². The molecule has 1 rings (SSSR count). The third-order valence-electron chi connectivity index (χ3n) is 1.80. The van der Waals surface area contributed by atoms with Gasteiger partial charge in [0.15, 0.2) is 0 Å². The van der Waals surface area contributed by atoms with Crippen molar-refractivity contribution < 1.29 is 4.79 Å². The summed E-state index contributed by atoms with van der Waals surface area (Å²) in [5.74, 6) is 0.282. The molecule has 5 heteroatoms. The van der Waals surface area contributed by atoms with Gasteiger partial charge in [-0.05, 0) is 18.6 Å². The van der Waals surface area contributed by atoms with Crippen molar-refractivity contribution in [2.45, 2.75) is 13.3 Å². The maximum atomic E-state index is 10.9. The number of pyridine rings is 1. The summed E-state index contributed by atoms with van der Waals surface area (Å²) in [6, 6.07) is 3.61. The van der Waals surface area contributed by atoms with Crippen LogP contribution in [0.2, 0.25) is 0 Å². The van der Waals surface area contributed by atoms with Gasteiger partial charge in [-0.25, -0.2) is 4.98 Å². The smallest absolute Gasteiger partial charge is 0.239 e. The number of anilines is 2. The predicted molar refractivity (Wildman–Crippen MR) is 60.7 cm³/mol. The Morgan fingerprint density at radius 2 is 2.33 bits per heavy atom. The first-order valence-corrected chi connectivity index (χ1v) is 4.96. The van der Waals surface area contributed by atoms with Gasteiger partial charge in [-0.3, -0.25) is 4.79 Å². The van der Waals surface area contributed by atoms with E-state index in [1.165, 1.54) is 0 Å². The molecule has 1 amide bonds. The Bertz CT molecular complexity index is 310. The second-order valence-corrected chi connectivity index (χ2v) is 3.11. The fourth-order valence-electron chi connectivity index (χ4n) is 1.04. The number of hydrogen-bond donors (Lipinski definition) is 3. The maximum Gasteiger partial charge on any atom is 0.239 e. The minimum Gasteiger partial charge on any atom is -0.384 e. The first-order valence-electron chi connectivity index (χ1n) is 4.96. The summed E-state index contributed by atoms with van der Waals surface area (Å²) in [5, 5.41) is 5.76. The lowest BCUT2D eigenvalue weighted by Gasteiger charge is -2.05. The van der Waals surface area contributed by atoms with Crippen LogP contribution < -0.4 is 16.4 Å². The zero-order valence-electron chi connectivity index (χ0n) is 8.79. The summed E-state index contributed by atoms with van der Waals surface area (Å²) in [4.78, 5) is 15.0. The molecule has 1 aromatic rings. The lowest BCUT2D eigenvalue weighted by molar-refractivity contribution is -0.114. The summed E-state index contributed by atoms with van der Waals surface area (Å²) in [6.07, 6.45) is 2.74. The van der Waals surface area contributed by atoms with Crippen LogP contribution in [0.1, 0.15) is 13.3 Å². The van der Waals surface area contributed by atoms with Crippen LogP contribution in [-0.4, -0.2) is 24.0 Å². The zero-order chi connectivity index (χ0) is 11.1. The van der Waals surface area contributed by atoms with E-state index in [1.54, 1.807) is 12.3 Å². The highest BCUT2D eigenvalue weighted by Gasteiger charge is 1.99. The number of aromatic nitrogens is 1. The van der Waals surface area contributed by atoms with Crippen molar-refractivity contribution in [3.05, 3.63) is 18.3 Å². The molecule has 0 saturated carbocycles. The number of amides is 1. The Balaban J connectivity index is 2.52. The lowest BCUT2D eigenvalue weighted by Crippen LogP contribution is -2.22. The molecule has 0 spiro atoms. The van der Waals surface area contributed by atoms with Gasteiger partial charge in [-0.2, -0.15) is 0 Å². The Morgan fingerprint density at radius 3 is 2.87 bits per heavy atom. The van der Waals surface area contributed by atoms with Crippen LogP contribution in [0.25, 0.3) is 0 Å². The Morgan fingerprint density at radius 1 is 1.53 bits per heavy atom. The van der Waals surface area contributed by atoms with Gasteiger partial charge in [-0.15, -0.1) is 0 Å². The Labute approximate surface area is 89.1 Å². The second-order valence-electron chi connectivity index (χ2n) is 3.11. The molecule has 15 heavy (non-hydrogen) atoms. The first kappa shape index (κ1) is 11.5. The third-order valence-corrected chi connectivity index (χ3v) is 1.80. The van der Waals surface area contributed by atoms with E-state index in [4.69, 9.17) is 5.73 Å². The minimum atomic E-state index is -0.239. The highest BCUT2D eigenvalue weighted by molar-refractivity contribution is 5.91. The highest BCUT2D eigenvalue weighted by Crippen LogP contribution is 2.09. The van der Waals surface area contributed by atoms with Crippen molar-refractivity contribution in [1.82, 2.24) is 4.98 Å². The molecule has 0 saturated heterocycles. The van der Waals surface area contributed by atoms with Crippen LogP contribution in [0.5, 0.6) is 0 Å². The Kier molecular flexibility index (Phi) is 4.56. The normalized spacial score (nSPS) is 9.73. The van der Waals surface area contributed by atoms with Gasteiger partial charge >= 0.3 is 0 Å². The van der Waals surface area contributed by atoms with Gasteiger partial charge in [0, 0.05) is 6.54 Å². The molecule has 0 bridgehead atoms. The molecule has 0 aliphatic rings. The number of nitrogens with two attached hydrogens (primary N) is 1. The topological polar surface area (TPSA) is 80.0 Å². The standard InChI is InChI=1S/C10H16N4O/c1-2-5-12-8-3-4-9(13-7-8)14-10(15)6-11/h3-4,7,12H,2,5-6,11H2,1H3,(H,13,14,15). The van der Waals surface area contributed by atoms with Crippen LogP contribution >= 0.6 is 0 Å². The molecule has 1 aromatic heterocycles. The molecule has 0 atom stereocenters. The maximum absolute atomic E-state index is 10.9. The largest absolute Gasteiger partial charge is 0.384 e. The molecule has 5 nitrogen and oxygen atoms in total. The summed E-state index contributed by atoms with van der Waals surface area (Å²) in [5.41, 5.74) is 6.11. The van der Waals surface area contributed by atoms with Crippen molar-refractivity contribution in [3.63, 3.8) is 0 Å². The number of nitrogens with one attached hydrogen (secondary N) is 2. The number of carbonyl (C=O) groups is 1. The van der Waals surface area contributed by atoms with Gasteiger partial charge in [0.25, 0.3) is 0 Å². The SMILES string of the molecule is CCCNc1ccc(NC(=O)CN)nc1. The van der Waals surface area contributed by atoms with Crippen LogP contribution in [0.15, 0.2) is 18.3 Å². The molecule has 0 fully saturated rings. The van der Waals surface area contributed by atoms with E-state index in [-0.39, 0.29) is 12.5 Å². The van der Waals surface area contributed by atoms with E-state index < -0.39 is 0 Å². The van der Waals surface area contributed by atoms with E-state index in [9.17, 15) is 4.79 Å². The second kappa shape index (κ2) is 5.98. The average molecular weight is 208 g/mol. The highest BCUT2D eigenvalue weighted by atomic mass is 16.1. The van der Waals surface area contributed by atoms with Crippen molar-refractivity contribution in [2.24, 2.45) is 5.73 Å². The quantitative estimate of drug-likeness (QED) is 0.668. The predicted octanol–water partition coefficient (Wildman–Crippen LogP) is 0.801. The molecule has 0 aromatic carbocycles. The number of carbonyl (C=O) groups excluding carboxylic acids is 1. The molecule has 4 N–H and O–H groups in total. The van der Waals surface area contributed by atoms with Crippen molar-refractivity contribution in [3.8, 4) is 0 Å². The number of hydrogen-bond acceptors (Lipinski definition) is 4. The molecule has 0 aliphatic heterocycles. The molecular formula is C10H16N4O. The molecule has 82 valence electrons. The Hall–Kier alpha value is -1.62. The van der Waals surface area contributed by atoms with E-state index in [0.29, 0.717) is 5.82 Å². The minimum absolute atomic E-state index is 0.0302. The number of nitrogens with zero attached hydrogens (tertiary/aromatic N) is 1. The fourth-order valence-corrected chi connectivity index (χ4v) is 1.04. The van der Waals surface area contributed by atoms with Gasteiger partial charge in [0.05, 0.1) is 18.4 Å². The van der Waals surface area contributed by atoms with Crippen LogP contribution in [0, 0.1) is 0 Å². The first-order chi connectivity index (χ1) is 7.26. The summed E-state index contributed by atoms with van der Waals surface area (Å²) in [6.45, 7) is 2.98. The average Bonchev–Trinajstić information content (AvgIpc) is 2.28.